The van der Waals surface area contributed by atoms with Gasteiger partial charge in [0.2, 0.25) is 0 Å². The van der Waals surface area contributed by atoms with Gasteiger partial charge in [-0.1, -0.05) is 25.1 Å². The standard InChI is InChI=1S/C14H17NO2S/c1-3-11-13(8-16)18-14(15-11)9-17-12-7-5-4-6-10(12)2/h4-7,16H,3,8-9H2,1-2H3. The number of hydrogen-bond donors (Lipinski definition) is 1. The normalized spacial score (nSPS) is 10.6. The van der Waals surface area contributed by atoms with Crippen molar-refractivity contribution in [3.05, 3.63) is 45.4 Å². The largest absolute Gasteiger partial charge is 0.486 e. The second kappa shape index (κ2) is 5.98. The van der Waals surface area contributed by atoms with Gasteiger partial charge in [-0.3, -0.25) is 0 Å². The van der Waals surface area contributed by atoms with Crippen LogP contribution in [0.3, 0.4) is 0 Å². The SMILES string of the molecule is CCc1nc(COc2ccccc2C)sc1CO. The molecule has 0 saturated carbocycles. The summed E-state index contributed by atoms with van der Waals surface area (Å²) >= 11 is 1.52. The molecule has 0 atom stereocenters. The highest BCUT2D eigenvalue weighted by Gasteiger charge is 2.09. The summed E-state index contributed by atoms with van der Waals surface area (Å²) in [6, 6.07) is 7.93. The van der Waals surface area contributed by atoms with Crippen LogP contribution >= 0.6 is 11.3 Å². The number of aromatic nitrogens is 1. The molecule has 1 heterocycles. The summed E-state index contributed by atoms with van der Waals surface area (Å²) < 4.78 is 5.75. The Morgan fingerprint density at radius 2 is 2.11 bits per heavy atom. The van der Waals surface area contributed by atoms with Crippen LogP contribution in [0.25, 0.3) is 0 Å². The van der Waals surface area contributed by atoms with Crippen molar-refractivity contribution in [1.29, 1.82) is 0 Å². The highest BCUT2D eigenvalue weighted by atomic mass is 32.1. The molecule has 2 aromatic rings. The monoisotopic (exact) mass is 263 g/mol. The van der Waals surface area contributed by atoms with Crippen molar-refractivity contribution >= 4 is 11.3 Å². The maximum atomic E-state index is 9.22. The van der Waals surface area contributed by atoms with Crippen LogP contribution in [0.2, 0.25) is 0 Å². The van der Waals surface area contributed by atoms with E-state index in [9.17, 15) is 5.11 Å². The lowest BCUT2D eigenvalue weighted by atomic mass is 10.2. The Morgan fingerprint density at radius 3 is 2.72 bits per heavy atom. The van der Waals surface area contributed by atoms with Gasteiger partial charge >= 0.3 is 0 Å². The lowest BCUT2D eigenvalue weighted by Gasteiger charge is -2.06. The molecule has 3 nitrogen and oxygen atoms in total. The zero-order chi connectivity index (χ0) is 13.0. The molecule has 1 aromatic heterocycles. The first-order valence-corrected chi connectivity index (χ1v) is 6.83. The van der Waals surface area contributed by atoms with Gasteiger partial charge in [-0.15, -0.1) is 11.3 Å². The number of rotatable bonds is 5. The molecule has 0 radical (unpaired) electrons. The summed E-state index contributed by atoms with van der Waals surface area (Å²) in [4.78, 5) is 5.42. The minimum absolute atomic E-state index is 0.0607. The number of thiazole rings is 1. The van der Waals surface area contributed by atoms with Crippen molar-refractivity contribution < 1.29 is 9.84 Å². The van der Waals surface area contributed by atoms with E-state index in [2.05, 4.69) is 4.98 Å². The van der Waals surface area contributed by atoms with Gasteiger partial charge in [0.1, 0.15) is 17.4 Å². The maximum Gasteiger partial charge on any atom is 0.140 e. The molecule has 18 heavy (non-hydrogen) atoms. The third-order valence-electron chi connectivity index (χ3n) is 2.75. The first-order chi connectivity index (χ1) is 8.74. The average molecular weight is 263 g/mol. The van der Waals surface area contributed by atoms with Gasteiger partial charge in [-0.05, 0) is 25.0 Å². The van der Waals surface area contributed by atoms with Crippen LogP contribution in [0.5, 0.6) is 5.75 Å². The second-order valence-corrected chi connectivity index (χ2v) is 5.21. The van der Waals surface area contributed by atoms with E-state index in [0.29, 0.717) is 6.61 Å². The van der Waals surface area contributed by atoms with Crippen LogP contribution < -0.4 is 4.74 Å². The predicted molar refractivity (Wildman–Crippen MR) is 72.9 cm³/mol. The third kappa shape index (κ3) is 2.89. The van der Waals surface area contributed by atoms with Crippen LogP contribution in [0, 0.1) is 6.92 Å². The molecule has 0 aliphatic carbocycles. The molecular formula is C14H17NO2S. The molecule has 0 aliphatic rings. The van der Waals surface area contributed by atoms with Gasteiger partial charge in [0.05, 0.1) is 17.2 Å². The number of ether oxygens (including phenoxy) is 1. The van der Waals surface area contributed by atoms with Gasteiger partial charge in [0.25, 0.3) is 0 Å². The molecule has 0 amide bonds. The molecule has 0 unspecified atom stereocenters. The van der Waals surface area contributed by atoms with Gasteiger partial charge < -0.3 is 9.84 Å². The highest BCUT2D eigenvalue weighted by molar-refractivity contribution is 7.11. The molecule has 2 rings (SSSR count). The summed E-state index contributed by atoms with van der Waals surface area (Å²) in [5.74, 6) is 0.885. The Bertz CT molecular complexity index is 501. The lowest BCUT2D eigenvalue weighted by Crippen LogP contribution is -1.96. The number of aliphatic hydroxyl groups excluding tert-OH is 1. The molecule has 4 heteroatoms. The predicted octanol–water partition coefficient (Wildman–Crippen LogP) is 3.09. The summed E-state index contributed by atoms with van der Waals surface area (Å²) in [6.45, 7) is 4.59. The minimum Gasteiger partial charge on any atom is -0.486 e. The van der Waals surface area contributed by atoms with Crippen molar-refractivity contribution in [2.75, 3.05) is 0 Å². The number of hydrogen-bond acceptors (Lipinski definition) is 4. The number of aryl methyl sites for hydroxylation is 2. The third-order valence-corrected chi connectivity index (χ3v) is 3.80. The average Bonchev–Trinajstić information content (AvgIpc) is 2.80. The Labute approximate surface area is 111 Å². The molecule has 0 bridgehead atoms. The van der Waals surface area contributed by atoms with Crippen molar-refractivity contribution in [3.63, 3.8) is 0 Å². The summed E-state index contributed by atoms with van der Waals surface area (Å²) in [5.41, 5.74) is 2.10. The first-order valence-electron chi connectivity index (χ1n) is 6.01. The molecule has 1 aromatic carbocycles. The Balaban J connectivity index is 2.06. The van der Waals surface area contributed by atoms with Crippen LogP contribution in [-0.2, 0) is 19.6 Å². The molecular weight excluding hydrogens is 246 g/mol. The summed E-state index contributed by atoms with van der Waals surface area (Å²) in [6.07, 6.45) is 0.844. The van der Waals surface area contributed by atoms with E-state index >= 15 is 0 Å². The van der Waals surface area contributed by atoms with E-state index in [1.54, 1.807) is 0 Å². The first kappa shape index (κ1) is 13.1. The molecule has 0 spiro atoms. The number of para-hydroxylation sites is 1. The zero-order valence-electron chi connectivity index (χ0n) is 10.6. The molecule has 1 N–H and O–H groups in total. The summed E-state index contributed by atoms with van der Waals surface area (Å²) in [5, 5.41) is 10.1. The van der Waals surface area contributed by atoms with Gasteiger partial charge in [-0.2, -0.15) is 0 Å². The van der Waals surface area contributed by atoms with Crippen molar-refractivity contribution in [2.24, 2.45) is 0 Å². The van der Waals surface area contributed by atoms with E-state index in [1.165, 1.54) is 11.3 Å². The quantitative estimate of drug-likeness (QED) is 0.901. The van der Waals surface area contributed by atoms with Crippen LogP contribution in [0.15, 0.2) is 24.3 Å². The Morgan fingerprint density at radius 1 is 1.33 bits per heavy atom. The van der Waals surface area contributed by atoms with Gasteiger partial charge in [-0.25, -0.2) is 4.98 Å². The van der Waals surface area contributed by atoms with E-state index in [-0.39, 0.29) is 6.61 Å². The maximum absolute atomic E-state index is 9.22. The Kier molecular flexibility index (Phi) is 4.33. The summed E-state index contributed by atoms with van der Waals surface area (Å²) in [7, 11) is 0. The molecule has 0 aliphatic heterocycles. The lowest BCUT2D eigenvalue weighted by molar-refractivity contribution is 0.284. The fraction of sp³-hybridized carbons (Fsp3) is 0.357. The topological polar surface area (TPSA) is 42.4 Å². The van der Waals surface area contributed by atoms with Crippen molar-refractivity contribution in [2.45, 2.75) is 33.5 Å². The highest BCUT2D eigenvalue weighted by Crippen LogP contribution is 2.22. The number of benzene rings is 1. The molecule has 0 saturated heterocycles. The van der Waals surface area contributed by atoms with Gasteiger partial charge in [0.15, 0.2) is 0 Å². The van der Waals surface area contributed by atoms with Crippen LogP contribution in [0.1, 0.15) is 28.1 Å². The molecule has 0 fully saturated rings. The van der Waals surface area contributed by atoms with Crippen LogP contribution in [-0.4, -0.2) is 10.1 Å². The zero-order valence-corrected chi connectivity index (χ0v) is 11.5. The van der Waals surface area contributed by atoms with E-state index in [4.69, 9.17) is 4.74 Å². The van der Waals surface area contributed by atoms with E-state index < -0.39 is 0 Å². The van der Waals surface area contributed by atoms with E-state index in [1.807, 2.05) is 38.1 Å². The molecule has 96 valence electrons. The van der Waals surface area contributed by atoms with Gasteiger partial charge in [0, 0.05) is 0 Å². The fourth-order valence-corrected chi connectivity index (χ4v) is 2.69. The van der Waals surface area contributed by atoms with Crippen molar-refractivity contribution in [1.82, 2.24) is 4.98 Å². The van der Waals surface area contributed by atoms with Crippen molar-refractivity contribution in [3.8, 4) is 5.75 Å². The number of aliphatic hydroxyl groups is 1. The second-order valence-electron chi connectivity index (χ2n) is 4.04. The number of nitrogens with zero attached hydrogens (tertiary/aromatic N) is 1. The Hall–Kier alpha value is -1.39. The van der Waals surface area contributed by atoms with Crippen LogP contribution in [0.4, 0.5) is 0 Å². The smallest absolute Gasteiger partial charge is 0.140 e. The fourth-order valence-electron chi connectivity index (χ4n) is 1.76. The van der Waals surface area contributed by atoms with E-state index in [0.717, 1.165) is 33.3 Å². The minimum atomic E-state index is 0.0607.